The van der Waals surface area contributed by atoms with E-state index in [4.69, 9.17) is 10.8 Å². The molecule has 102 valence electrons. The van der Waals surface area contributed by atoms with Crippen LogP contribution in [0.5, 0.6) is 0 Å². The van der Waals surface area contributed by atoms with Gasteiger partial charge in [0.1, 0.15) is 0 Å². The van der Waals surface area contributed by atoms with Crippen LogP contribution < -0.4 is 11.1 Å². The normalized spacial score (nSPS) is 15.8. The van der Waals surface area contributed by atoms with E-state index < -0.39 is 11.4 Å². The number of rotatable bonds is 6. The zero-order valence-corrected chi connectivity index (χ0v) is 10.7. The maximum atomic E-state index is 12.1. The van der Waals surface area contributed by atoms with Crippen molar-refractivity contribution < 1.29 is 14.7 Å². The predicted molar refractivity (Wildman–Crippen MR) is 70.8 cm³/mol. The van der Waals surface area contributed by atoms with Crippen LogP contribution in [0.4, 0.5) is 0 Å². The summed E-state index contributed by atoms with van der Waals surface area (Å²) in [6.07, 6.45) is 1.90. The van der Waals surface area contributed by atoms with Crippen molar-refractivity contribution in [3.63, 3.8) is 0 Å². The minimum absolute atomic E-state index is 0.193. The predicted octanol–water partition coefficient (Wildman–Crippen LogP) is 0.782. The summed E-state index contributed by atoms with van der Waals surface area (Å²) in [7, 11) is 0. The maximum Gasteiger partial charge on any atom is 0.311 e. The van der Waals surface area contributed by atoms with Crippen LogP contribution in [-0.2, 0) is 11.2 Å². The molecule has 0 heterocycles. The van der Waals surface area contributed by atoms with Crippen molar-refractivity contribution in [2.75, 3.05) is 13.1 Å². The molecule has 19 heavy (non-hydrogen) atoms. The first kappa shape index (κ1) is 13.5. The minimum atomic E-state index is -0.831. The van der Waals surface area contributed by atoms with Crippen molar-refractivity contribution >= 4 is 11.9 Å². The summed E-state index contributed by atoms with van der Waals surface area (Å²) in [5, 5.41) is 11.8. The molecule has 1 aliphatic rings. The van der Waals surface area contributed by atoms with E-state index in [0.717, 1.165) is 5.56 Å². The molecule has 0 aromatic heterocycles. The lowest BCUT2D eigenvalue weighted by atomic mass is 10.0. The molecule has 0 bridgehead atoms. The Labute approximate surface area is 111 Å². The number of amides is 1. The third-order valence-corrected chi connectivity index (χ3v) is 3.57. The molecule has 2 rings (SSSR count). The Morgan fingerprint density at radius 3 is 2.58 bits per heavy atom. The number of benzene rings is 1. The summed E-state index contributed by atoms with van der Waals surface area (Å²) < 4.78 is 0. The van der Waals surface area contributed by atoms with Crippen LogP contribution in [0, 0.1) is 5.41 Å². The number of nitrogens with two attached hydrogens (primary N) is 1. The molecular formula is C14H18N2O3. The van der Waals surface area contributed by atoms with Crippen molar-refractivity contribution in [3.8, 4) is 0 Å². The first-order valence-corrected chi connectivity index (χ1v) is 6.39. The number of aliphatic carboxylic acids is 1. The van der Waals surface area contributed by atoms with Gasteiger partial charge in [0.25, 0.3) is 5.91 Å². The number of hydrogen-bond acceptors (Lipinski definition) is 3. The monoisotopic (exact) mass is 262 g/mol. The molecule has 1 fully saturated rings. The molecule has 4 N–H and O–H groups in total. The molecular weight excluding hydrogens is 244 g/mol. The van der Waals surface area contributed by atoms with E-state index in [1.165, 1.54) is 0 Å². The summed E-state index contributed by atoms with van der Waals surface area (Å²) in [5.74, 6) is -1.06. The Hall–Kier alpha value is -1.88. The Kier molecular flexibility index (Phi) is 3.85. The Morgan fingerprint density at radius 2 is 2.00 bits per heavy atom. The maximum absolute atomic E-state index is 12.1. The van der Waals surface area contributed by atoms with Crippen LogP contribution in [0.2, 0.25) is 0 Å². The van der Waals surface area contributed by atoms with Crippen molar-refractivity contribution in [1.82, 2.24) is 5.32 Å². The lowest BCUT2D eigenvalue weighted by Crippen LogP contribution is -2.34. The quantitative estimate of drug-likeness (QED) is 0.706. The van der Waals surface area contributed by atoms with E-state index in [2.05, 4.69) is 5.32 Å². The molecule has 1 amide bonds. The fraction of sp³-hybridized carbons (Fsp3) is 0.429. The van der Waals surface area contributed by atoms with Crippen molar-refractivity contribution in [1.29, 1.82) is 0 Å². The summed E-state index contributed by atoms with van der Waals surface area (Å²) in [6, 6.07) is 7.26. The average molecular weight is 262 g/mol. The number of hydrogen-bond donors (Lipinski definition) is 3. The molecule has 1 saturated carbocycles. The highest BCUT2D eigenvalue weighted by Gasteiger charge is 2.50. The molecule has 5 heteroatoms. The number of carbonyl (C=O) groups excluding carboxylic acids is 1. The second kappa shape index (κ2) is 5.40. The third kappa shape index (κ3) is 2.93. The molecule has 0 saturated heterocycles. The minimum Gasteiger partial charge on any atom is -0.481 e. The highest BCUT2D eigenvalue weighted by atomic mass is 16.4. The van der Waals surface area contributed by atoms with Gasteiger partial charge in [-0.3, -0.25) is 9.59 Å². The van der Waals surface area contributed by atoms with Gasteiger partial charge < -0.3 is 16.2 Å². The molecule has 5 nitrogen and oxygen atoms in total. The van der Waals surface area contributed by atoms with E-state index >= 15 is 0 Å². The molecule has 0 radical (unpaired) electrons. The summed E-state index contributed by atoms with van der Waals surface area (Å²) in [6.45, 7) is 0.668. The molecule has 0 aliphatic heterocycles. The van der Waals surface area contributed by atoms with Crippen LogP contribution >= 0.6 is 0 Å². The highest BCUT2D eigenvalue weighted by molar-refractivity contribution is 5.96. The first-order valence-electron chi connectivity index (χ1n) is 6.39. The van der Waals surface area contributed by atoms with Crippen molar-refractivity contribution in [2.45, 2.75) is 19.3 Å². The van der Waals surface area contributed by atoms with Crippen LogP contribution in [0.15, 0.2) is 24.3 Å². The lowest BCUT2D eigenvalue weighted by Gasteiger charge is -2.13. The van der Waals surface area contributed by atoms with Gasteiger partial charge in [-0.2, -0.15) is 0 Å². The van der Waals surface area contributed by atoms with Gasteiger partial charge in [-0.05, 0) is 37.4 Å². The lowest BCUT2D eigenvalue weighted by molar-refractivity contribution is -0.143. The Morgan fingerprint density at radius 1 is 1.32 bits per heavy atom. The first-order chi connectivity index (χ1) is 9.09. The topological polar surface area (TPSA) is 92.4 Å². The smallest absolute Gasteiger partial charge is 0.311 e. The second-order valence-corrected chi connectivity index (χ2v) is 4.96. The Bertz CT molecular complexity index is 495. The van der Waals surface area contributed by atoms with Crippen molar-refractivity contribution in [3.05, 3.63) is 35.4 Å². The van der Waals surface area contributed by atoms with Crippen LogP contribution in [0.25, 0.3) is 0 Å². The van der Waals surface area contributed by atoms with Crippen LogP contribution in [0.3, 0.4) is 0 Å². The number of carbonyl (C=O) groups is 2. The molecule has 1 aromatic carbocycles. The van der Waals surface area contributed by atoms with E-state index in [0.29, 0.717) is 31.4 Å². The summed E-state index contributed by atoms with van der Waals surface area (Å²) in [5.41, 5.74) is 6.24. The highest BCUT2D eigenvalue weighted by Crippen LogP contribution is 2.45. The van der Waals surface area contributed by atoms with Gasteiger partial charge in [-0.25, -0.2) is 0 Å². The van der Waals surface area contributed by atoms with Gasteiger partial charge in [0.2, 0.25) is 0 Å². The van der Waals surface area contributed by atoms with Gasteiger partial charge in [-0.15, -0.1) is 0 Å². The number of nitrogens with one attached hydrogen (secondary N) is 1. The zero-order valence-electron chi connectivity index (χ0n) is 10.7. The zero-order chi connectivity index (χ0) is 13.9. The Balaban J connectivity index is 2.02. The fourth-order valence-corrected chi connectivity index (χ4v) is 2.08. The van der Waals surface area contributed by atoms with Gasteiger partial charge >= 0.3 is 5.97 Å². The second-order valence-electron chi connectivity index (χ2n) is 4.96. The molecule has 1 aromatic rings. The standard InChI is InChI=1S/C14H18N2O3/c15-8-5-10-3-1-2-4-11(10)12(17)16-9-14(6-7-14)13(18)19/h1-4H,5-9,15H2,(H,16,17)(H,18,19). The SMILES string of the molecule is NCCc1ccccc1C(=O)NCC1(C(=O)O)CC1. The largest absolute Gasteiger partial charge is 0.481 e. The van der Waals surface area contributed by atoms with E-state index in [1.807, 2.05) is 12.1 Å². The van der Waals surface area contributed by atoms with Crippen LogP contribution in [0.1, 0.15) is 28.8 Å². The molecule has 0 spiro atoms. The number of carboxylic acids is 1. The summed E-state index contributed by atoms with van der Waals surface area (Å²) >= 11 is 0. The van der Waals surface area contributed by atoms with E-state index in [9.17, 15) is 9.59 Å². The van der Waals surface area contributed by atoms with Crippen LogP contribution in [-0.4, -0.2) is 30.1 Å². The van der Waals surface area contributed by atoms with Gasteiger partial charge in [0.05, 0.1) is 5.41 Å². The third-order valence-electron chi connectivity index (χ3n) is 3.57. The molecule has 1 aliphatic carbocycles. The number of carboxylic acid groups (broad SMARTS) is 1. The summed E-state index contributed by atoms with van der Waals surface area (Å²) in [4.78, 5) is 23.1. The average Bonchev–Trinajstić information content (AvgIpc) is 3.18. The van der Waals surface area contributed by atoms with E-state index in [1.54, 1.807) is 12.1 Å². The van der Waals surface area contributed by atoms with Crippen molar-refractivity contribution in [2.24, 2.45) is 11.1 Å². The fourth-order valence-electron chi connectivity index (χ4n) is 2.08. The van der Waals surface area contributed by atoms with Gasteiger partial charge in [0, 0.05) is 12.1 Å². The van der Waals surface area contributed by atoms with Gasteiger partial charge in [-0.1, -0.05) is 18.2 Å². The molecule has 0 unspecified atom stereocenters. The van der Waals surface area contributed by atoms with E-state index in [-0.39, 0.29) is 12.5 Å². The molecule has 0 atom stereocenters. The van der Waals surface area contributed by atoms with Gasteiger partial charge in [0.15, 0.2) is 0 Å².